The van der Waals surface area contributed by atoms with E-state index in [0.29, 0.717) is 5.69 Å². The van der Waals surface area contributed by atoms with Crippen molar-refractivity contribution in [3.8, 4) is 6.07 Å². The first kappa shape index (κ1) is 18.3. The first-order valence-corrected chi connectivity index (χ1v) is 8.76. The second kappa shape index (κ2) is 7.69. The molecular formula is C13H14FN7O3S. The van der Waals surface area contributed by atoms with Crippen LogP contribution in [0.1, 0.15) is 11.3 Å². The molecule has 2 aromatic rings. The fourth-order valence-electron chi connectivity index (χ4n) is 1.78. The average molecular weight is 367 g/mol. The Bertz CT molecular complexity index is 920. The third kappa shape index (κ3) is 5.23. The van der Waals surface area contributed by atoms with E-state index in [1.807, 2.05) is 0 Å². The molecule has 12 heteroatoms. The van der Waals surface area contributed by atoms with Crippen molar-refractivity contribution in [1.29, 1.82) is 10.7 Å². The fraction of sp³-hybridized carbons (Fsp3) is 0.231. The molecule has 0 aliphatic rings. The monoisotopic (exact) mass is 367 g/mol. The molecule has 0 aliphatic carbocycles. The van der Waals surface area contributed by atoms with Crippen LogP contribution in [0.15, 0.2) is 22.8 Å². The standard InChI is InChI=1S/C13H14FN7O3S/c1-25(22,23)18-5-4-17-13-11(20-24-21-13)12(16)19-9-2-3-10(14)8(6-9)7-15/h2-3,6,18H,4-5H2,1H3,(H2,16,19)(H,17,21). The lowest BCUT2D eigenvalue weighted by Crippen LogP contribution is -2.28. The molecule has 0 saturated carbocycles. The van der Waals surface area contributed by atoms with Crippen molar-refractivity contribution in [1.82, 2.24) is 15.0 Å². The summed E-state index contributed by atoms with van der Waals surface area (Å²) >= 11 is 0. The zero-order valence-electron chi connectivity index (χ0n) is 13.0. The Morgan fingerprint density at radius 3 is 2.84 bits per heavy atom. The average Bonchev–Trinajstić information content (AvgIpc) is 3.01. The van der Waals surface area contributed by atoms with Gasteiger partial charge in [0.05, 0.1) is 11.8 Å². The highest BCUT2D eigenvalue weighted by Crippen LogP contribution is 2.16. The molecule has 0 amide bonds. The summed E-state index contributed by atoms with van der Waals surface area (Å²) in [5, 5.41) is 29.4. The van der Waals surface area contributed by atoms with Crippen LogP contribution in [0.25, 0.3) is 0 Å². The summed E-state index contributed by atoms with van der Waals surface area (Å²) in [6.07, 6.45) is 1.04. The molecule has 0 radical (unpaired) electrons. The number of aromatic nitrogens is 2. The maximum atomic E-state index is 13.3. The minimum Gasteiger partial charge on any atom is -0.364 e. The largest absolute Gasteiger partial charge is 0.364 e. The Hall–Kier alpha value is -3.04. The summed E-state index contributed by atoms with van der Waals surface area (Å²) in [4.78, 5) is 0. The quantitative estimate of drug-likeness (QED) is 0.313. The predicted octanol–water partition coefficient (Wildman–Crippen LogP) is 0.479. The second-order valence-electron chi connectivity index (χ2n) is 4.86. The second-order valence-corrected chi connectivity index (χ2v) is 6.69. The summed E-state index contributed by atoms with van der Waals surface area (Å²) in [6.45, 7) is 0.298. The topological polar surface area (TPSA) is 157 Å². The van der Waals surface area contributed by atoms with Gasteiger partial charge in [-0.1, -0.05) is 0 Å². The molecule has 0 saturated heterocycles. The molecule has 2 rings (SSSR count). The Kier molecular flexibility index (Phi) is 5.63. The number of anilines is 2. The van der Waals surface area contributed by atoms with Crippen LogP contribution in [0, 0.1) is 22.6 Å². The number of sulfonamides is 1. The van der Waals surface area contributed by atoms with E-state index < -0.39 is 15.8 Å². The van der Waals surface area contributed by atoms with E-state index in [1.165, 1.54) is 12.1 Å². The van der Waals surface area contributed by atoms with Gasteiger partial charge < -0.3 is 10.6 Å². The Labute approximate surface area is 142 Å². The molecule has 4 N–H and O–H groups in total. The summed E-state index contributed by atoms with van der Waals surface area (Å²) in [6, 6.07) is 5.42. The van der Waals surface area contributed by atoms with Crippen LogP contribution in [-0.2, 0) is 10.0 Å². The number of benzene rings is 1. The highest BCUT2D eigenvalue weighted by molar-refractivity contribution is 7.88. The van der Waals surface area contributed by atoms with Crippen molar-refractivity contribution < 1.29 is 17.4 Å². The van der Waals surface area contributed by atoms with Crippen molar-refractivity contribution in [2.24, 2.45) is 0 Å². The van der Waals surface area contributed by atoms with E-state index in [2.05, 4.69) is 30.3 Å². The van der Waals surface area contributed by atoms with E-state index in [9.17, 15) is 12.8 Å². The van der Waals surface area contributed by atoms with Gasteiger partial charge in [-0.3, -0.25) is 5.41 Å². The normalized spacial score (nSPS) is 10.9. The molecule has 0 aliphatic heterocycles. The number of amidine groups is 1. The molecular weight excluding hydrogens is 353 g/mol. The summed E-state index contributed by atoms with van der Waals surface area (Å²) in [7, 11) is -3.30. The first-order valence-electron chi connectivity index (χ1n) is 6.87. The summed E-state index contributed by atoms with van der Waals surface area (Å²) in [5.74, 6) is -0.728. The zero-order chi connectivity index (χ0) is 18.4. The lowest BCUT2D eigenvalue weighted by Gasteiger charge is -2.08. The maximum absolute atomic E-state index is 13.3. The maximum Gasteiger partial charge on any atom is 0.208 e. The fourth-order valence-corrected chi connectivity index (χ4v) is 2.25. The van der Waals surface area contributed by atoms with Crippen LogP contribution < -0.4 is 15.4 Å². The van der Waals surface area contributed by atoms with Gasteiger partial charge in [0.2, 0.25) is 15.8 Å². The van der Waals surface area contributed by atoms with Crippen molar-refractivity contribution in [2.45, 2.75) is 0 Å². The zero-order valence-corrected chi connectivity index (χ0v) is 13.8. The minimum absolute atomic E-state index is 0.0437. The van der Waals surface area contributed by atoms with Gasteiger partial charge in [-0.25, -0.2) is 22.2 Å². The highest BCUT2D eigenvalue weighted by atomic mass is 32.2. The molecule has 0 fully saturated rings. The molecule has 132 valence electrons. The van der Waals surface area contributed by atoms with Gasteiger partial charge in [-0.2, -0.15) is 5.26 Å². The summed E-state index contributed by atoms with van der Waals surface area (Å²) < 4.78 is 42.1. The highest BCUT2D eigenvalue weighted by Gasteiger charge is 2.16. The Balaban J connectivity index is 2.01. The van der Waals surface area contributed by atoms with Gasteiger partial charge in [-0.05, 0) is 28.5 Å². The van der Waals surface area contributed by atoms with Crippen molar-refractivity contribution in [3.63, 3.8) is 0 Å². The van der Waals surface area contributed by atoms with Crippen molar-refractivity contribution >= 4 is 27.4 Å². The van der Waals surface area contributed by atoms with Gasteiger partial charge in [-0.15, -0.1) is 0 Å². The Morgan fingerprint density at radius 1 is 1.40 bits per heavy atom. The molecule has 1 aromatic heterocycles. The van der Waals surface area contributed by atoms with Gasteiger partial charge in [0, 0.05) is 18.8 Å². The number of hydrogen-bond acceptors (Lipinski definition) is 8. The predicted molar refractivity (Wildman–Crippen MR) is 87.2 cm³/mol. The van der Waals surface area contributed by atoms with E-state index in [0.717, 1.165) is 12.3 Å². The van der Waals surface area contributed by atoms with Crippen LogP contribution in [-0.4, -0.2) is 43.9 Å². The van der Waals surface area contributed by atoms with Gasteiger partial charge in [0.1, 0.15) is 11.9 Å². The molecule has 1 aromatic carbocycles. The van der Waals surface area contributed by atoms with Gasteiger partial charge in [0.25, 0.3) is 0 Å². The van der Waals surface area contributed by atoms with E-state index in [-0.39, 0.29) is 36.0 Å². The number of nitriles is 1. The van der Waals surface area contributed by atoms with Crippen LogP contribution in [0.2, 0.25) is 0 Å². The van der Waals surface area contributed by atoms with Crippen molar-refractivity contribution in [2.75, 3.05) is 30.0 Å². The number of nitrogens with one attached hydrogen (secondary N) is 4. The van der Waals surface area contributed by atoms with E-state index in [4.69, 9.17) is 10.7 Å². The van der Waals surface area contributed by atoms with Crippen LogP contribution in [0.3, 0.4) is 0 Å². The summed E-state index contributed by atoms with van der Waals surface area (Å²) in [5.41, 5.74) is 0.194. The van der Waals surface area contributed by atoms with Gasteiger partial charge in [0.15, 0.2) is 11.5 Å². The molecule has 10 nitrogen and oxygen atoms in total. The SMILES string of the molecule is CS(=O)(=O)NCCNc1nonc1C(=N)Nc1ccc(F)c(C#N)c1. The van der Waals surface area contributed by atoms with Crippen LogP contribution in [0.4, 0.5) is 15.9 Å². The molecule has 0 bridgehead atoms. The first-order chi connectivity index (χ1) is 11.8. The minimum atomic E-state index is -3.30. The molecule has 25 heavy (non-hydrogen) atoms. The molecule has 0 unspecified atom stereocenters. The van der Waals surface area contributed by atoms with Crippen molar-refractivity contribution in [3.05, 3.63) is 35.3 Å². The van der Waals surface area contributed by atoms with Gasteiger partial charge >= 0.3 is 0 Å². The lowest BCUT2D eigenvalue weighted by atomic mass is 10.2. The van der Waals surface area contributed by atoms with E-state index >= 15 is 0 Å². The molecule has 0 atom stereocenters. The van der Waals surface area contributed by atoms with Crippen LogP contribution in [0.5, 0.6) is 0 Å². The lowest BCUT2D eigenvalue weighted by molar-refractivity contribution is 0.308. The Morgan fingerprint density at radius 2 is 2.16 bits per heavy atom. The number of halogens is 1. The third-order valence-corrected chi connectivity index (χ3v) is 3.59. The number of nitrogens with zero attached hydrogens (tertiary/aromatic N) is 3. The smallest absolute Gasteiger partial charge is 0.208 e. The molecule has 1 heterocycles. The van der Waals surface area contributed by atoms with Crippen LogP contribution >= 0.6 is 0 Å². The van der Waals surface area contributed by atoms with E-state index in [1.54, 1.807) is 6.07 Å². The molecule has 0 spiro atoms. The number of rotatable bonds is 7. The third-order valence-electron chi connectivity index (χ3n) is 2.86. The number of hydrogen-bond donors (Lipinski definition) is 4.